The van der Waals surface area contributed by atoms with E-state index in [1.54, 1.807) is 31.3 Å². The second-order valence-electron chi connectivity index (χ2n) is 7.43. The number of nitrogens with zero attached hydrogens (tertiary/aromatic N) is 1. The van der Waals surface area contributed by atoms with Crippen LogP contribution in [-0.2, 0) is 17.6 Å². The molecule has 1 aromatic carbocycles. The van der Waals surface area contributed by atoms with E-state index in [9.17, 15) is 19.2 Å². The molecule has 7 nitrogen and oxygen atoms in total. The number of hydrogen-bond donors (Lipinski definition) is 2. The molecule has 1 aromatic heterocycles. The van der Waals surface area contributed by atoms with Gasteiger partial charge >= 0.3 is 0 Å². The maximum Gasteiger partial charge on any atom is 0.262 e. The fourth-order valence-corrected chi connectivity index (χ4v) is 5.32. The Kier molecular flexibility index (Phi) is 4.96. The third-order valence-electron chi connectivity index (χ3n) is 5.40. The largest absolute Gasteiger partial charge is 0.355 e. The van der Waals surface area contributed by atoms with Gasteiger partial charge in [0.15, 0.2) is 0 Å². The average molecular weight is 411 g/mol. The first kappa shape index (κ1) is 19.3. The van der Waals surface area contributed by atoms with Crippen LogP contribution in [0.5, 0.6) is 0 Å². The Morgan fingerprint density at radius 3 is 2.45 bits per heavy atom. The van der Waals surface area contributed by atoms with Gasteiger partial charge < -0.3 is 10.6 Å². The summed E-state index contributed by atoms with van der Waals surface area (Å²) in [7, 11) is 1.56. The first-order valence-corrected chi connectivity index (χ1v) is 10.3. The van der Waals surface area contributed by atoms with Crippen molar-refractivity contribution < 1.29 is 19.2 Å². The van der Waals surface area contributed by atoms with Crippen molar-refractivity contribution in [2.24, 2.45) is 5.92 Å². The van der Waals surface area contributed by atoms with Crippen LogP contribution in [-0.4, -0.2) is 42.1 Å². The number of nitrogens with one attached hydrogen (secondary N) is 2. The molecule has 0 saturated heterocycles. The lowest BCUT2D eigenvalue weighted by Gasteiger charge is -2.18. The molecule has 0 unspecified atom stereocenters. The highest BCUT2D eigenvalue weighted by Crippen LogP contribution is 2.39. The molecule has 1 aliphatic carbocycles. The van der Waals surface area contributed by atoms with E-state index in [0.29, 0.717) is 27.6 Å². The summed E-state index contributed by atoms with van der Waals surface area (Å²) in [6.07, 6.45) is 2.67. The third-order valence-corrected chi connectivity index (χ3v) is 6.57. The van der Waals surface area contributed by atoms with E-state index in [1.807, 2.05) is 0 Å². The van der Waals surface area contributed by atoms with Crippen LogP contribution in [0.4, 0.5) is 5.00 Å². The van der Waals surface area contributed by atoms with Crippen molar-refractivity contribution in [3.63, 3.8) is 0 Å². The van der Waals surface area contributed by atoms with Crippen molar-refractivity contribution in [3.05, 3.63) is 51.4 Å². The van der Waals surface area contributed by atoms with E-state index >= 15 is 0 Å². The fourth-order valence-electron chi connectivity index (χ4n) is 3.90. The first-order chi connectivity index (χ1) is 13.9. The number of thiophene rings is 1. The Hall–Kier alpha value is -3.00. The maximum absolute atomic E-state index is 12.7. The van der Waals surface area contributed by atoms with Crippen LogP contribution in [0.3, 0.4) is 0 Å². The van der Waals surface area contributed by atoms with Crippen molar-refractivity contribution in [1.29, 1.82) is 0 Å². The van der Waals surface area contributed by atoms with Crippen LogP contribution in [0, 0.1) is 5.92 Å². The molecular weight excluding hydrogens is 390 g/mol. The van der Waals surface area contributed by atoms with E-state index in [-0.39, 0.29) is 5.91 Å². The van der Waals surface area contributed by atoms with E-state index in [4.69, 9.17) is 0 Å². The van der Waals surface area contributed by atoms with Gasteiger partial charge in [0.05, 0.1) is 16.7 Å². The van der Waals surface area contributed by atoms with Gasteiger partial charge in [0.1, 0.15) is 11.5 Å². The molecule has 0 saturated carbocycles. The number of rotatable bonds is 4. The van der Waals surface area contributed by atoms with Crippen molar-refractivity contribution in [2.75, 3.05) is 18.9 Å². The van der Waals surface area contributed by atoms with Crippen molar-refractivity contribution in [1.82, 2.24) is 10.2 Å². The van der Waals surface area contributed by atoms with Gasteiger partial charge in [0.2, 0.25) is 5.91 Å². The molecule has 1 atom stereocenters. The summed E-state index contributed by atoms with van der Waals surface area (Å²) >= 11 is 1.40. The van der Waals surface area contributed by atoms with Crippen molar-refractivity contribution in [3.8, 4) is 0 Å². The Bertz CT molecular complexity index is 1010. The summed E-state index contributed by atoms with van der Waals surface area (Å²) in [5.41, 5.74) is 2.09. The molecule has 150 valence electrons. The Labute approximate surface area is 172 Å². The summed E-state index contributed by atoms with van der Waals surface area (Å²) < 4.78 is 0. The van der Waals surface area contributed by atoms with Gasteiger partial charge in [-0.3, -0.25) is 24.1 Å². The van der Waals surface area contributed by atoms with E-state index in [1.165, 1.54) is 11.3 Å². The van der Waals surface area contributed by atoms with Crippen LogP contribution in [0.1, 0.15) is 54.9 Å². The lowest BCUT2D eigenvalue weighted by Crippen LogP contribution is -2.37. The number of carbonyl (C=O) groups is 4. The van der Waals surface area contributed by atoms with Crippen LogP contribution in [0.2, 0.25) is 0 Å². The molecule has 4 rings (SSSR count). The topological polar surface area (TPSA) is 95.6 Å². The molecule has 4 amide bonds. The van der Waals surface area contributed by atoms with Crippen LogP contribution in [0.25, 0.3) is 0 Å². The van der Waals surface area contributed by atoms with Gasteiger partial charge in [-0.15, -0.1) is 11.3 Å². The van der Waals surface area contributed by atoms with Crippen LogP contribution < -0.4 is 10.6 Å². The fraction of sp³-hybridized carbons (Fsp3) is 0.333. The smallest absolute Gasteiger partial charge is 0.262 e. The third kappa shape index (κ3) is 3.33. The molecule has 0 radical (unpaired) electrons. The molecule has 2 aromatic rings. The van der Waals surface area contributed by atoms with Crippen LogP contribution >= 0.6 is 11.3 Å². The zero-order valence-corrected chi connectivity index (χ0v) is 17.0. The second kappa shape index (κ2) is 7.44. The molecule has 2 aliphatic rings. The number of fused-ring (bicyclic) bond motifs is 2. The predicted molar refractivity (Wildman–Crippen MR) is 109 cm³/mol. The van der Waals surface area contributed by atoms with Crippen LogP contribution in [0.15, 0.2) is 24.3 Å². The quantitative estimate of drug-likeness (QED) is 0.756. The monoisotopic (exact) mass is 411 g/mol. The summed E-state index contributed by atoms with van der Waals surface area (Å²) in [6, 6.07) is 6.51. The molecule has 2 N–H and O–H groups in total. The second-order valence-corrected chi connectivity index (χ2v) is 8.53. The number of hydrogen-bond acceptors (Lipinski definition) is 5. The normalized spacial score (nSPS) is 17.7. The van der Waals surface area contributed by atoms with Crippen molar-refractivity contribution in [2.45, 2.75) is 26.2 Å². The molecule has 0 bridgehead atoms. The van der Waals surface area contributed by atoms with E-state index in [2.05, 4.69) is 17.6 Å². The van der Waals surface area contributed by atoms with Gasteiger partial charge in [-0.2, -0.15) is 0 Å². The molecular formula is C21H21N3O4S. The number of imide groups is 1. The zero-order valence-electron chi connectivity index (χ0n) is 16.2. The lowest BCUT2D eigenvalue weighted by molar-refractivity contribution is -0.116. The minimum absolute atomic E-state index is 0.243. The molecule has 0 fully saturated rings. The van der Waals surface area contributed by atoms with E-state index in [0.717, 1.165) is 34.6 Å². The van der Waals surface area contributed by atoms with Gasteiger partial charge in [-0.05, 0) is 42.9 Å². The highest BCUT2D eigenvalue weighted by molar-refractivity contribution is 7.17. The lowest BCUT2D eigenvalue weighted by atomic mass is 9.88. The number of benzene rings is 1. The van der Waals surface area contributed by atoms with Gasteiger partial charge in [-0.1, -0.05) is 19.1 Å². The summed E-state index contributed by atoms with van der Waals surface area (Å²) in [6.45, 7) is 1.78. The average Bonchev–Trinajstić information content (AvgIpc) is 3.17. The Balaban J connectivity index is 1.56. The first-order valence-electron chi connectivity index (χ1n) is 9.52. The van der Waals surface area contributed by atoms with Gasteiger partial charge in [0, 0.05) is 11.9 Å². The minimum atomic E-state index is -0.503. The zero-order chi connectivity index (χ0) is 20.7. The number of carbonyl (C=O) groups excluding carboxylic acids is 4. The maximum atomic E-state index is 12.7. The van der Waals surface area contributed by atoms with Crippen molar-refractivity contribution >= 4 is 40.0 Å². The highest BCUT2D eigenvalue weighted by atomic mass is 32.1. The van der Waals surface area contributed by atoms with E-state index < -0.39 is 24.3 Å². The summed E-state index contributed by atoms with van der Waals surface area (Å²) in [5.74, 6) is -1.18. The van der Waals surface area contributed by atoms with Gasteiger partial charge in [0.25, 0.3) is 17.7 Å². The molecule has 8 heteroatoms. The molecule has 1 aliphatic heterocycles. The number of amides is 4. The molecule has 0 spiro atoms. The number of anilines is 1. The Morgan fingerprint density at radius 1 is 1.17 bits per heavy atom. The Morgan fingerprint density at radius 2 is 1.83 bits per heavy atom. The minimum Gasteiger partial charge on any atom is -0.355 e. The predicted octanol–water partition coefficient (Wildman–Crippen LogP) is 2.47. The molecule has 29 heavy (non-hydrogen) atoms. The standard InChI is InChI=1S/C21H21N3O4S/c1-11-7-8-14-15(9-11)29-19(17(14)18(26)22-2)23-16(25)10-24-20(27)12-5-3-4-6-13(12)21(24)28/h3-6,11H,7-10H2,1-2H3,(H,22,26)(H,23,25)/t11-/m0/s1. The molecule has 2 heterocycles. The summed E-state index contributed by atoms with van der Waals surface area (Å²) in [4.78, 5) is 52.1. The SMILES string of the molecule is CNC(=O)c1c(NC(=O)CN2C(=O)c3ccccc3C2=O)sc2c1CC[C@H](C)C2. The van der Waals surface area contributed by atoms with Gasteiger partial charge in [-0.25, -0.2) is 0 Å². The summed E-state index contributed by atoms with van der Waals surface area (Å²) in [5, 5.41) is 5.88. The highest BCUT2D eigenvalue weighted by Gasteiger charge is 2.36.